The maximum absolute atomic E-state index is 10.2. The van der Waals surface area contributed by atoms with Gasteiger partial charge in [-0.25, -0.2) is 0 Å². The van der Waals surface area contributed by atoms with Gasteiger partial charge in [0.15, 0.2) is 6.29 Å². The van der Waals surface area contributed by atoms with Gasteiger partial charge in [-0.2, -0.15) is 0 Å². The minimum Gasteiger partial charge on any atom is -0.388 e. The zero-order valence-corrected chi connectivity index (χ0v) is 12.1. The third kappa shape index (κ3) is 3.37. The van der Waals surface area contributed by atoms with E-state index in [1.807, 2.05) is 30.3 Å². The number of hydrogen-bond acceptors (Lipinski definition) is 5. The normalized spacial score (nSPS) is 34.1. The van der Waals surface area contributed by atoms with Gasteiger partial charge < -0.3 is 24.1 Å². The lowest BCUT2D eigenvalue weighted by Crippen LogP contribution is -2.58. The molecule has 1 aliphatic rings. The molecule has 0 aromatic heterocycles. The number of hydrogen-bond donors (Lipinski definition) is 1. The monoisotopic (exact) mass is 282 g/mol. The second kappa shape index (κ2) is 7.15. The van der Waals surface area contributed by atoms with Crippen molar-refractivity contribution in [2.45, 2.75) is 44.2 Å². The molecule has 5 heteroatoms. The number of ether oxygens (including phenoxy) is 4. The number of benzene rings is 1. The molecule has 1 fully saturated rings. The molecule has 5 nitrogen and oxygen atoms in total. The summed E-state index contributed by atoms with van der Waals surface area (Å²) in [4.78, 5) is 0. The molecule has 0 amide bonds. The third-order valence-corrected chi connectivity index (χ3v) is 3.55. The first-order valence-corrected chi connectivity index (χ1v) is 6.72. The van der Waals surface area contributed by atoms with E-state index in [4.69, 9.17) is 18.9 Å². The molecule has 5 atom stereocenters. The lowest BCUT2D eigenvalue weighted by Gasteiger charge is -2.42. The molecule has 1 N–H and O–H groups in total. The second-order valence-electron chi connectivity index (χ2n) is 4.90. The number of aliphatic hydroxyl groups is 1. The van der Waals surface area contributed by atoms with E-state index in [1.54, 1.807) is 21.1 Å². The molecule has 1 aromatic rings. The molecule has 0 aliphatic carbocycles. The maximum Gasteiger partial charge on any atom is 0.186 e. The van der Waals surface area contributed by atoms with E-state index in [9.17, 15) is 5.11 Å². The van der Waals surface area contributed by atoms with Crippen molar-refractivity contribution in [1.29, 1.82) is 0 Å². The Morgan fingerprint density at radius 1 is 1.10 bits per heavy atom. The van der Waals surface area contributed by atoms with Crippen molar-refractivity contribution >= 4 is 0 Å². The van der Waals surface area contributed by atoms with Gasteiger partial charge >= 0.3 is 0 Å². The van der Waals surface area contributed by atoms with Crippen LogP contribution in [0, 0.1) is 0 Å². The molecule has 1 aliphatic heterocycles. The molecule has 112 valence electrons. The summed E-state index contributed by atoms with van der Waals surface area (Å²) in [5, 5.41) is 10.2. The molecule has 1 aromatic carbocycles. The van der Waals surface area contributed by atoms with Crippen LogP contribution in [0.3, 0.4) is 0 Å². The van der Waals surface area contributed by atoms with E-state index in [2.05, 4.69) is 0 Å². The van der Waals surface area contributed by atoms with Crippen molar-refractivity contribution in [2.24, 2.45) is 0 Å². The van der Waals surface area contributed by atoms with Gasteiger partial charge in [0.05, 0.1) is 12.7 Å². The zero-order chi connectivity index (χ0) is 14.5. The average Bonchev–Trinajstić information content (AvgIpc) is 2.49. The fourth-order valence-corrected chi connectivity index (χ4v) is 2.38. The molecule has 0 radical (unpaired) electrons. The summed E-state index contributed by atoms with van der Waals surface area (Å²) in [5.41, 5.74) is 1.04. The number of aliphatic hydroxyl groups excluding tert-OH is 1. The molecule has 1 heterocycles. The highest BCUT2D eigenvalue weighted by atomic mass is 16.7. The van der Waals surface area contributed by atoms with E-state index in [-0.39, 0.29) is 6.10 Å². The third-order valence-electron chi connectivity index (χ3n) is 3.55. The number of rotatable bonds is 5. The Hall–Kier alpha value is -0.980. The SMILES string of the molecule is CO[C@H]1O[C@@H](C)[C@H](O)[C@@H](OCc2ccccc2)[C@H]1OC. The summed E-state index contributed by atoms with van der Waals surface area (Å²) in [6.07, 6.45) is -2.62. The van der Waals surface area contributed by atoms with Crippen molar-refractivity contribution in [3.63, 3.8) is 0 Å². The minimum atomic E-state index is -0.755. The Bertz CT molecular complexity index is 397. The van der Waals surface area contributed by atoms with Crippen molar-refractivity contribution in [1.82, 2.24) is 0 Å². The van der Waals surface area contributed by atoms with Crippen LogP contribution in [-0.2, 0) is 25.6 Å². The molecular weight excluding hydrogens is 260 g/mol. The Balaban J connectivity index is 2.05. The summed E-state index contributed by atoms with van der Waals surface area (Å²) < 4.78 is 22.0. The van der Waals surface area contributed by atoms with Gasteiger partial charge in [0.25, 0.3) is 0 Å². The van der Waals surface area contributed by atoms with E-state index in [1.165, 1.54) is 0 Å². The van der Waals surface area contributed by atoms with Gasteiger partial charge in [-0.05, 0) is 12.5 Å². The maximum atomic E-state index is 10.2. The van der Waals surface area contributed by atoms with Crippen LogP contribution in [0.2, 0.25) is 0 Å². The highest BCUT2D eigenvalue weighted by molar-refractivity contribution is 5.13. The minimum absolute atomic E-state index is 0.368. The van der Waals surface area contributed by atoms with E-state index >= 15 is 0 Å². The fourth-order valence-electron chi connectivity index (χ4n) is 2.38. The largest absolute Gasteiger partial charge is 0.388 e. The standard InChI is InChI=1S/C15H22O5/c1-10-12(16)13(14(17-2)15(18-3)20-10)19-9-11-7-5-4-6-8-11/h4-8,10,12-16H,9H2,1-3H3/t10-,12-,13+,14+,15-/m0/s1. The Morgan fingerprint density at radius 3 is 2.40 bits per heavy atom. The first-order chi connectivity index (χ1) is 9.67. The number of methoxy groups -OCH3 is 2. The topological polar surface area (TPSA) is 57.2 Å². The summed E-state index contributed by atoms with van der Waals surface area (Å²) in [5.74, 6) is 0. The molecule has 0 saturated carbocycles. The van der Waals surface area contributed by atoms with Crippen molar-refractivity contribution < 1.29 is 24.1 Å². The lowest BCUT2D eigenvalue weighted by molar-refractivity contribution is -0.300. The summed E-state index contributed by atoms with van der Waals surface area (Å²) in [6, 6.07) is 9.81. The van der Waals surface area contributed by atoms with Gasteiger partial charge in [0, 0.05) is 14.2 Å². The molecule has 0 bridgehead atoms. The van der Waals surface area contributed by atoms with E-state index in [0.717, 1.165) is 5.56 Å². The Labute approximate surface area is 119 Å². The summed E-state index contributed by atoms with van der Waals surface area (Å²) >= 11 is 0. The molecule has 1 saturated heterocycles. The van der Waals surface area contributed by atoms with Crippen LogP contribution in [0.25, 0.3) is 0 Å². The predicted octanol–water partition coefficient (Wildman–Crippen LogP) is 1.34. The molecular formula is C15H22O5. The van der Waals surface area contributed by atoms with Gasteiger partial charge in [-0.1, -0.05) is 30.3 Å². The highest BCUT2D eigenvalue weighted by Crippen LogP contribution is 2.26. The average molecular weight is 282 g/mol. The Morgan fingerprint density at radius 2 is 1.80 bits per heavy atom. The van der Waals surface area contributed by atoms with Crippen LogP contribution in [0.4, 0.5) is 0 Å². The van der Waals surface area contributed by atoms with Crippen LogP contribution in [0.15, 0.2) is 30.3 Å². The molecule has 0 unspecified atom stereocenters. The fraction of sp³-hybridized carbons (Fsp3) is 0.600. The quantitative estimate of drug-likeness (QED) is 0.883. The van der Waals surface area contributed by atoms with Crippen LogP contribution in [0.1, 0.15) is 12.5 Å². The summed E-state index contributed by atoms with van der Waals surface area (Å²) in [6.45, 7) is 2.20. The zero-order valence-electron chi connectivity index (χ0n) is 12.1. The highest BCUT2D eigenvalue weighted by Gasteiger charge is 2.44. The van der Waals surface area contributed by atoms with Crippen LogP contribution < -0.4 is 0 Å². The van der Waals surface area contributed by atoms with E-state index in [0.29, 0.717) is 6.61 Å². The van der Waals surface area contributed by atoms with Crippen LogP contribution in [-0.4, -0.2) is 50.0 Å². The van der Waals surface area contributed by atoms with Crippen molar-refractivity contribution in [2.75, 3.05) is 14.2 Å². The smallest absolute Gasteiger partial charge is 0.186 e. The van der Waals surface area contributed by atoms with Gasteiger partial charge in [0.1, 0.15) is 18.3 Å². The van der Waals surface area contributed by atoms with Crippen LogP contribution in [0.5, 0.6) is 0 Å². The van der Waals surface area contributed by atoms with E-state index < -0.39 is 24.6 Å². The molecule has 0 spiro atoms. The van der Waals surface area contributed by atoms with Gasteiger partial charge in [0.2, 0.25) is 0 Å². The lowest BCUT2D eigenvalue weighted by atomic mass is 9.99. The van der Waals surface area contributed by atoms with Gasteiger partial charge in [-0.15, -0.1) is 0 Å². The predicted molar refractivity (Wildman–Crippen MR) is 73.2 cm³/mol. The van der Waals surface area contributed by atoms with Crippen LogP contribution >= 0.6 is 0 Å². The van der Waals surface area contributed by atoms with Gasteiger partial charge in [-0.3, -0.25) is 0 Å². The summed E-state index contributed by atoms with van der Waals surface area (Å²) in [7, 11) is 3.11. The molecule has 20 heavy (non-hydrogen) atoms. The first kappa shape index (κ1) is 15.4. The molecule has 2 rings (SSSR count). The van der Waals surface area contributed by atoms with Crippen molar-refractivity contribution in [3.8, 4) is 0 Å². The first-order valence-electron chi connectivity index (χ1n) is 6.72. The van der Waals surface area contributed by atoms with Crippen molar-refractivity contribution in [3.05, 3.63) is 35.9 Å². The second-order valence-corrected chi connectivity index (χ2v) is 4.90. The Kier molecular flexibility index (Phi) is 5.51.